The average Bonchev–Trinajstić information content (AvgIpc) is 2.93. The van der Waals surface area contributed by atoms with Gasteiger partial charge in [0.2, 0.25) is 0 Å². The van der Waals surface area contributed by atoms with Crippen LogP contribution in [-0.2, 0) is 17.1 Å². The fourth-order valence-electron chi connectivity index (χ4n) is 3.38. The molecule has 2 aromatic carbocycles. The summed E-state index contributed by atoms with van der Waals surface area (Å²) in [7, 11) is -4.94. The zero-order valence-corrected chi connectivity index (χ0v) is 21.4. The van der Waals surface area contributed by atoms with Crippen molar-refractivity contribution in [2.45, 2.75) is 0 Å². The molecule has 0 aliphatic heterocycles. The number of aromatic nitrogens is 4. The molecule has 0 spiro atoms. The first-order valence-corrected chi connectivity index (χ1v) is 11.8. The van der Waals surface area contributed by atoms with Crippen molar-refractivity contribution in [3.8, 4) is 6.19 Å². The molecule has 0 N–H and O–H groups in total. The Labute approximate surface area is 234 Å². The van der Waals surface area contributed by atoms with Gasteiger partial charge in [-0.2, -0.15) is 5.26 Å². The summed E-state index contributed by atoms with van der Waals surface area (Å²) in [6.45, 7) is 0. The number of halogens is 1. The Morgan fingerprint density at radius 1 is 0.590 bits per heavy atom. The minimum atomic E-state index is -4.94. The van der Waals surface area contributed by atoms with E-state index in [2.05, 4.69) is 73.5 Å². The fraction of sp³-hybridized carbons (Fsp3) is 0. The maximum absolute atomic E-state index is 8.49. The van der Waals surface area contributed by atoms with Crippen molar-refractivity contribution in [2.24, 2.45) is 4.99 Å². The van der Waals surface area contributed by atoms with Crippen LogP contribution in [0.25, 0.3) is 49.0 Å². The van der Waals surface area contributed by atoms with Crippen LogP contribution in [0.3, 0.4) is 0 Å². The molecule has 39 heavy (non-hydrogen) atoms. The van der Waals surface area contributed by atoms with Crippen LogP contribution < -0.4 is 18.6 Å². The van der Waals surface area contributed by atoms with E-state index in [0.717, 1.165) is 43.6 Å². The molecule has 0 unspecified atom stereocenters. The molecule has 0 atom stereocenters. The van der Waals surface area contributed by atoms with Crippen LogP contribution in [0.5, 0.6) is 0 Å². The molecular formula is C26H16ClCuN7O4. The third-order valence-electron chi connectivity index (χ3n) is 4.79. The first kappa shape index (κ1) is 30.8. The van der Waals surface area contributed by atoms with Crippen LogP contribution in [0.1, 0.15) is 0 Å². The second-order valence-electron chi connectivity index (χ2n) is 7.12. The molecule has 6 aromatic rings. The van der Waals surface area contributed by atoms with Crippen molar-refractivity contribution in [3.63, 3.8) is 0 Å². The van der Waals surface area contributed by atoms with Crippen LogP contribution >= 0.6 is 0 Å². The van der Waals surface area contributed by atoms with E-state index in [4.69, 9.17) is 29.3 Å². The smallest absolute Gasteiger partial charge is 0.422 e. The van der Waals surface area contributed by atoms with Gasteiger partial charge in [-0.3, -0.25) is 19.9 Å². The summed E-state index contributed by atoms with van der Waals surface area (Å²) in [5.74, 6) is 0. The van der Waals surface area contributed by atoms with Gasteiger partial charge in [0, 0.05) is 46.3 Å². The van der Waals surface area contributed by atoms with E-state index in [-0.39, 0.29) is 17.1 Å². The van der Waals surface area contributed by atoms with E-state index < -0.39 is 10.2 Å². The quantitative estimate of drug-likeness (QED) is 0.107. The van der Waals surface area contributed by atoms with Crippen molar-refractivity contribution < 1.29 is 45.9 Å². The number of pyridine rings is 4. The van der Waals surface area contributed by atoms with Crippen LogP contribution in [0, 0.1) is 21.7 Å². The Bertz CT molecular complexity index is 1540. The van der Waals surface area contributed by atoms with E-state index in [0.29, 0.717) is 0 Å². The van der Waals surface area contributed by atoms with E-state index in [1.807, 2.05) is 24.3 Å². The van der Waals surface area contributed by atoms with Gasteiger partial charge in [0.05, 0.1) is 28.3 Å². The molecule has 13 heteroatoms. The number of nitrogens with zero attached hydrogens (tertiary/aromatic N) is 7. The summed E-state index contributed by atoms with van der Waals surface area (Å²) in [5.41, 5.74) is 3.91. The molecule has 0 saturated heterocycles. The Morgan fingerprint density at radius 2 is 0.846 bits per heavy atom. The number of fused-ring (bicyclic) bond motifs is 6. The average molecular weight is 589 g/mol. The number of hydrogen-bond donors (Lipinski definition) is 0. The zero-order chi connectivity index (χ0) is 27.4. The van der Waals surface area contributed by atoms with Crippen molar-refractivity contribution in [2.75, 3.05) is 0 Å². The predicted molar refractivity (Wildman–Crippen MR) is 130 cm³/mol. The molecule has 11 nitrogen and oxygen atoms in total. The maximum atomic E-state index is 8.49. The van der Waals surface area contributed by atoms with Crippen LogP contribution in [-0.4, -0.2) is 25.9 Å². The van der Waals surface area contributed by atoms with Gasteiger partial charge in [-0.1, -0.05) is 48.5 Å². The standard InChI is InChI=1S/2C12H8N2.C2N3.ClHO4.Cu/c2*1-3-9-5-6-10-4-2-8-14-12(10)11(9)13-7-1;3-1-5-2-4;2-1(3,4)5;/h2*1-8H;;(H,2,3,4,5);/q;;-1;;+2/p-1. The molecule has 6 rings (SSSR count). The summed E-state index contributed by atoms with van der Waals surface area (Å²) in [5, 5.41) is 19.4. The first-order valence-electron chi connectivity index (χ1n) is 10.6. The number of benzene rings is 2. The minimum absolute atomic E-state index is 0. The molecule has 0 bridgehead atoms. The van der Waals surface area contributed by atoms with E-state index in [1.165, 1.54) is 12.2 Å². The van der Waals surface area contributed by atoms with Crippen LogP contribution in [0.4, 0.5) is 0 Å². The molecule has 4 aromatic heterocycles. The van der Waals surface area contributed by atoms with Gasteiger partial charge in [-0.15, -0.1) is 16.3 Å². The summed E-state index contributed by atoms with van der Waals surface area (Å²) in [4.78, 5) is 20.0. The molecule has 0 saturated carbocycles. The summed E-state index contributed by atoms with van der Waals surface area (Å²) < 4.78 is 34.0. The minimum Gasteiger partial charge on any atom is -0.422 e. The monoisotopic (exact) mass is 588 g/mol. The van der Waals surface area contributed by atoms with Gasteiger partial charge in [0.15, 0.2) is 0 Å². The Hall–Kier alpha value is -4.40. The third kappa shape index (κ3) is 9.45. The van der Waals surface area contributed by atoms with Crippen LogP contribution in [0.15, 0.2) is 103 Å². The second kappa shape index (κ2) is 15.1. The normalized spacial score (nSPS) is 9.82. The van der Waals surface area contributed by atoms with Gasteiger partial charge in [-0.05, 0) is 24.3 Å². The van der Waals surface area contributed by atoms with Gasteiger partial charge in [-0.25, -0.2) is 18.6 Å². The van der Waals surface area contributed by atoms with E-state index in [9.17, 15) is 0 Å². The summed E-state index contributed by atoms with van der Waals surface area (Å²) >= 11 is 0. The SMILES string of the molecule is N#CN=C=[N-].[Cu+2].[O-][Cl+3]([O-])([O-])[O-].c1cnc2c(c1)ccc1cccnc12.c1cnc2c(c1)ccc1cccnc12. The maximum Gasteiger partial charge on any atom is 2.00 e. The van der Waals surface area contributed by atoms with Crippen LogP contribution in [0.2, 0.25) is 0 Å². The molecule has 4 heterocycles. The number of hydrogen-bond acceptors (Lipinski definition) is 10. The first-order chi connectivity index (χ1) is 18.3. The van der Waals surface area contributed by atoms with Gasteiger partial charge >= 0.3 is 17.1 Å². The molecule has 0 aliphatic carbocycles. The Kier molecular flexibility index (Phi) is 11.9. The van der Waals surface area contributed by atoms with Gasteiger partial charge < -0.3 is 10.4 Å². The molecule has 1 radical (unpaired) electrons. The number of nitriles is 1. The van der Waals surface area contributed by atoms with E-state index in [1.54, 1.807) is 24.8 Å². The fourth-order valence-corrected chi connectivity index (χ4v) is 3.38. The van der Waals surface area contributed by atoms with Gasteiger partial charge in [0.1, 0.15) is 0 Å². The van der Waals surface area contributed by atoms with Gasteiger partial charge in [0.25, 0.3) is 0 Å². The third-order valence-corrected chi connectivity index (χ3v) is 4.79. The molecular weight excluding hydrogens is 573 g/mol. The number of rotatable bonds is 0. The molecule has 0 aliphatic rings. The van der Waals surface area contributed by atoms with Crippen molar-refractivity contribution in [3.05, 3.63) is 103 Å². The van der Waals surface area contributed by atoms with Crippen molar-refractivity contribution in [1.82, 2.24) is 19.9 Å². The predicted octanol–water partition coefficient (Wildman–Crippen LogP) is 1.02. The Balaban J connectivity index is 0.000000202. The molecule has 0 amide bonds. The number of aliphatic imine (C=N–C) groups is 1. The van der Waals surface area contributed by atoms with Crippen molar-refractivity contribution >= 4 is 49.6 Å². The Morgan fingerprint density at radius 3 is 1.03 bits per heavy atom. The zero-order valence-electron chi connectivity index (χ0n) is 19.7. The topological polar surface area (TPSA) is 202 Å². The second-order valence-corrected chi connectivity index (χ2v) is 7.88. The van der Waals surface area contributed by atoms with Crippen molar-refractivity contribution in [1.29, 1.82) is 5.26 Å². The largest absolute Gasteiger partial charge is 2.00 e. The summed E-state index contributed by atoms with van der Waals surface area (Å²) in [6.07, 6.45) is 8.49. The summed E-state index contributed by atoms with van der Waals surface area (Å²) in [6, 6.07) is 25.6. The molecule has 0 fully saturated rings. The molecule has 197 valence electrons. The van der Waals surface area contributed by atoms with E-state index >= 15 is 0 Å².